The summed E-state index contributed by atoms with van der Waals surface area (Å²) in [7, 11) is 3.41. The minimum Gasteiger partial charge on any atom is -0.497 e. The molecular weight excluding hydrogens is 352 g/mol. The van der Waals surface area contributed by atoms with Crippen LogP contribution < -0.4 is 14.2 Å². The number of hydrazone groups is 1. The van der Waals surface area contributed by atoms with Gasteiger partial charge < -0.3 is 14.2 Å². The number of benzene rings is 2. The Morgan fingerprint density at radius 3 is 2.64 bits per heavy atom. The molecule has 1 fully saturated rings. The minimum atomic E-state index is -0.370. The summed E-state index contributed by atoms with van der Waals surface area (Å²) < 4.78 is 17.8. The third kappa shape index (κ3) is 2.64. The Hall–Kier alpha value is -2.69. The van der Waals surface area contributed by atoms with Gasteiger partial charge in [0, 0.05) is 30.4 Å². The molecule has 146 valence electrons. The summed E-state index contributed by atoms with van der Waals surface area (Å²) in [5, 5.41) is 7.37. The maximum absolute atomic E-state index is 6.69. The van der Waals surface area contributed by atoms with Crippen LogP contribution in [0.1, 0.15) is 55.7 Å². The second-order valence-electron chi connectivity index (χ2n) is 7.83. The molecule has 2 heterocycles. The highest BCUT2D eigenvalue weighted by Crippen LogP contribution is 2.53. The van der Waals surface area contributed by atoms with Crippen molar-refractivity contribution >= 4 is 5.71 Å². The predicted molar refractivity (Wildman–Crippen MR) is 108 cm³/mol. The van der Waals surface area contributed by atoms with E-state index in [0.29, 0.717) is 0 Å². The first-order valence-corrected chi connectivity index (χ1v) is 10.1. The van der Waals surface area contributed by atoms with Crippen LogP contribution in [-0.2, 0) is 0 Å². The van der Waals surface area contributed by atoms with Crippen LogP contribution in [-0.4, -0.2) is 30.7 Å². The molecule has 2 aromatic rings. The lowest BCUT2D eigenvalue weighted by Crippen LogP contribution is -2.54. The van der Waals surface area contributed by atoms with E-state index in [0.717, 1.165) is 66.2 Å². The van der Waals surface area contributed by atoms with Crippen molar-refractivity contribution in [1.82, 2.24) is 5.01 Å². The number of hydrogen-bond donors (Lipinski definition) is 0. The van der Waals surface area contributed by atoms with Crippen LogP contribution in [0.15, 0.2) is 47.6 Å². The zero-order chi connectivity index (χ0) is 19.1. The van der Waals surface area contributed by atoms with E-state index >= 15 is 0 Å². The molecule has 1 atom stereocenters. The average molecular weight is 378 g/mol. The molecule has 28 heavy (non-hydrogen) atoms. The van der Waals surface area contributed by atoms with Crippen molar-refractivity contribution in [3.63, 3.8) is 0 Å². The smallest absolute Gasteiger partial charge is 0.198 e. The lowest BCUT2D eigenvalue weighted by molar-refractivity contribution is -0.141. The van der Waals surface area contributed by atoms with E-state index in [9.17, 15) is 0 Å². The van der Waals surface area contributed by atoms with Crippen molar-refractivity contribution in [3.05, 3.63) is 53.6 Å². The van der Waals surface area contributed by atoms with E-state index < -0.39 is 0 Å². The molecule has 1 aliphatic carbocycles. The first-order chi connectivity index (χ1) is 13.7. The van der Waals surface area contributed by atoms with Crippen molar-refractivity contribution in [3.8, 4) is 17.2 Å². The predicted octanol–water partition coefficient (Wildman–Crippen LogP) is 4.91. The van der Waals surface area contributed by atoms with Gasteiger partial charge in [-0.25, -0.2) is 5.01 Å². The van der Waals surface area contributed by atoms with Gasteiger partial charge in [0.05, 0.1) is 26.0 Å². The minimum absolute atomic E-state index is 0.179. The van der Waals surface area contributed by atoms with Gasteiger partial charge in [0.25, 0.3) is 0 Å². The first kappa shape index (κ1) is 17.4. The Morgan fingerprint density at radius 1 is 1.04 bits per heavy atom. The monoisotopic (exact) mass is 378 g/mol. The molecule has 5 nitrogen and oxygen atoms in total. The van der Waals surface area contributed by atoms with Crippen LogP contribution >= 0.6 is 0 Å². The van der Waals surface area contributed by atoms with Crippen molar-refractivity contribution in [2.75, 3.05) is 14.2 Å². The maximum atomic E-state index is 6.69. The van der Waals surface area contributed by atoms with E-state index in [4.69, 9.17) is 19.3 Å². The van der Waals surface area contributed by atoms with E-state index in [1.165, 1.54) is 6.42 Å². The van der Waals surface area contributed by atoms with Crippen LogP contribution in [0, 0.1) is 0 Å². The molecule has 0 N–H and O–H groups in total. The fraction of sp³-hybridized carbons (Fsp3) is 0.435. The quantitative estimate of drug-likeness (QED) is 0.761. The zero-order valence-corrected chi connectivity index (χ0v) is 16.5. The Morgan fingerprint density at radius 2 is 1.86 bits per heavy atom. The number of hydrogen-bond acceptors (Lipinski definition) is 5. The molecule has 1 unspecified atom stereocenters. The largest absolute Gasteiger partial charge is 0.497 e. The molecule has 0 saturated heterocycles. The molecule has 0 radical (unpaired) electrons. The van der Waals surface area contributed by atoms with Gasteiger partial charge in [-0.1, -0.05) is 30.7 Å². The summed E-state index contributed by atoms with van der Waals surface area (Å²) in [6.45, 7) is 0. The van der Waals surface area contributed by atoms with Crippen LogP contribution in [0.5, 0.6) is 17.2 Å². The van der Waals surface area contributed by atoms with Crippen LogP contribution in [0.2, 0.25) is 0 Å². The lowest BCUT2D eigenvalue weighted by Gasteiger charge is -2.49. The molecule has 2 aliphatic heterocycles. The molecule has 5 heteroatoms. The zero-order valence-electron chi connectivity index (χ0n) is 16.5. The molecule has 3 aliphatic rings. The maximum Gasteiger partial charge on any atom is 0.198 e. The number of para-hydroxylation sites is 1. The van der Waals surface area contributed by atoms with Crippen LogP contribution in [0.4, 0.5) is 0 Å². The number of methoxy groups -OCH3 is 2. The SMILES string of the molecule is COc1cccc(C2=NN3C(C2)c2cccc(OC)c2OC32CCCCC2)c1. The number of nitrogens with zero attached hydrogens (tertiary/aromatic N) is 2. The Labute approximate surface area is 165 Å². The van der Waals surface area contributed by atoms with Crippen molar-refractivity contribution < 1.29 is 14.2 Å². The van der Waals surface area contributed by atoms with Gasteiger partial charge in [0.15, 0.2) is 17.2 Å². The second-order valence-corrected chi connectivity index (χ2v) is 7.83. The van der Waals surface area contributed by atoms with Crippen molar-refractivity contribution in [2.24, 2.45) is 5.10 Å². The van der Waals surface area contributed by atoms with Crippen LogP contribution in [0.25, 0.3) is 0 Å². The third-order valence-electron chi connectivity index (χ3n) is 6.25. The number of fused-ring (bicyclic) bond motifs is 4. The summed E-state index contributed by atoms with van der Waals surface area (Å²) in [5.41, 5.74) is 3.00. The summed E-state index contributed by atoms with van der Waals surface area (Å²) in [6, 6.07) is 14.5. The highest BCUT2D eigenvalue weighted by Gasteiger charge is 2.51. The highest BCUT2D eigenvalue weighted by atomic mass is 16.5. The Balaban J connectivity index is 1.60. The van der Waals surface area contributed by atoms with E-state index in [2.05, 4.69) is 23.2 Å². The fourth-order valence-electron chi connectivity index (χ4n) is 4.84. The molecule has 1 saturated carbocycles. The van der Waals surface area contributed by atoms with Gasteiger partial charge in [0.2, 0.25) is 0 Å². The van der Waals surface area contributed by atoms with Gasteiger partial charge in [-0.3, -0.25) is 0 Å². The number of rotatable bonds is 3. The Kier molecular flexibility index (Phi) is 4.18. The topological polar surface area (TPSA) is 43.3 Å². The molecule has 0 bridgehead atoms. The van der Waals surface area contributed by atoms with E-state index in [-0.39, 0.29) is 11.8 Å². The van der Waals surface area contributed by atoms with Crippen molar-refractivity contribution in [2.45, 2.75) is 50.3 Å². The summed E-state index contributed by atoms with van der Waals surface area (Å²) in [6.07, 6.45) is 6.44. The van der Waals surface area contributed by atoms with Crippen molar-refractivity contribution in [1.29, 1.82) is 0 Å². The average Bonchev–Trinajstić information content (AvgIpc) is 3.21. The molecular formula is C23H26N2O3. The summed E-state index contributed by atoms with van der Waals surface area (Å²) in [4.78, 5) is 0. The first-order valence-electron chi connectivity index (χ1n) is 10.1. The summed E-state index contributed by atoms with van der Waals surface area (Å²) in [5.74, 6) is 2.57. The molecule has 1 spiro atoms. The van der Waals surface area contributed by atoms with Gasteiger partial charge in [-0.05, 0) is 31.0 Å². The van der Waals surface area contributed by atoms with Gasteiger partial charge in [0.1, 0.15) is 5.75 Å². The van der Waals surface area contributed by atoms with E-state index in [1.807, 2.05) is 24.3 Å². The number of ether oxygens (including phenoxy) is 3. The Bertz CT molecular complexity index is 918. The molecule has 0 amide bonds. The fourth-order valence-corrected chi connectivity index (χ4v) is 4.84. The molecule has 0 aromatic heterocycles. The van der Waals surface area contributed by atoms with Gasteiger partial charge in [-0.15, -0.1) is 0 Å². The molecule has 2 aromatic carbocycles. The van der Waals surface area contributed by atoms with E-state index in [1.54, 1.807) is 14.2 Å². The second kappa shape index (κ2) is 6.73. The van der Waals surface area contributed by atoms with Gasteiger partial charge in [-0.2, -0.15) is 5.10 Å². The highest BCUT2D eigenvalue weighted by molar-refractivity contribution is 6.02. The standard InChI is InChI=1S/C23H26N2O3/c1-26-17-9-6-8-16(14-17)19-15-20-18-10-7-11-21(27-2)22(18)28-23(25(20)24-19)12-4-3-5-13-23/h6-11,14,20H,3-5,12-13,15H2,1-2H3. The normalized spacial score (nSPS) is 22.1. The molecule has 5 rings (SSSR count). The summed E-state index contributed by atoms with van der Waals surface area (Å²) >= 11 is 0. The van der Waals surface area contributed by atoms with Gasteiger partial charge >= 0.3 is 0 Å². The van der Waals surface area contributed by atoms with Crippen LogP contribution in [0.3, 0.4) is 0 Å². The lowest BCUT2D eigenvalue weighted by atomic mass is 9.86. The third-order valence-corrected chi connectivity index (χ3v) is 6.25.